The number of anilines is 1. The second kappa shape index (κ2) is 11.0. The van der Waals surface area contributed by atoms with Gasteiger partial charge in [-0.15, -0.1) is 0 Å². The topological polar surface area (TPSA) is 104 Å². The van der Waals surface area contributed by atoms with Crippen LogP contribution in [0.15, 0.2) is 77.7 Å². The summed E-state index contributed by atoms with van der Waals surface area (Å²) in [7, 11) is -3.99. The molecule has 1 aliphatic rings. The molecule has 182 valence electrons. The molecule has 0 fully saturated rings. The highest BCUT2D eigenvalue weighted by Gasteiger charge is 2.27. The molecule has 0 aliphatic carbocycles. The van der Waals surface area contributed by atoms with E-state index in [9.17, 15) is 18.0 Å². The van der Waals surface area contributed by atoms with Gasteiger partial charge in [0.05, 0.1) is 4.90 Å². The van der Waals surface area contributed by atoms with Crippen LogP contribution in [0.3, 0.4) is 0 Å². The Bertz CT molecular complexity index is 1310. The van der Waals surface area contributed by atoms with Crippen molar-refractivity contribution in [2.75, 3.05) is 11.9 Å². The molecule has 1 atom stereocenters. The number of hydrogen-bond donors (Lipinski definition) is 3. The SMILES string of the molecule is O=C1CCc2cc(S(=O)(=O)NC(Cc3ccccc3)C(=O)NCCc3ccc(Cl)cc3)ccc2N1. The first-order valence-corrected chi connectivity index (χ1v) is 13.2. The molecular formula is C26H26ClN3O4S. The molecule has 0 aromatic heterocycles. The second-order valence-electron chi connectivity index (χ2n) is 8.40. The molecule has 4 rings (SSSR count). The highest BCUT2D eigenvalue weighted by molar-refractivity contribution is 7.89. The van der Waals surface area contributed by atoms with Gasteiger partial charge in [-0.3, -0.25) is 9.59 Å². The number of fused-ring (bicyclic) bond motifs is 1. The van der Waals surface area contributed by atoms with Crippen molar-refractivity contribution in [3.63, 3.8) is 0 Å². The molecule has 3 aromatic rings. The first-order chi connectivity index (χ1) is 16.8. The number of nitrogens with one attached hydrogen (secondary N) is 3. The number of sulfonamides is 1. The average Bonchev–Trinajstić information content (AvgIpc) is 2.85. The van der Waals surface area contributed by atoms with Gasteiger partial charge in [0.1, 0.15) is 6.04 Å². The van der Waals surface area contributed by atoms with E-state index in [1.165, 1.54) is 6.07 Å². The minimum atomic E-state index is -3.99. The van der Waals surface area contributed by atoms with Gasteiger partial charge in [0.25, 0.3) is 0 Å². The number of halogens is 1. The fraction of sp³-hybridized carbons (Fsp3) is 0.231. The summed E-state index contributed by atoms with van der Waals surface area (Å²) in [6.07, 6.45) is 1.55. The quantitative estimate of drug-likeness (QED) is 0.409. The zero-order valence-corrected chi connectivity index (χ0v) is 20.5. The number of hydrogen-bond acceptors (Lipinski definition) is 4. The lowest BCUT2D eigenvalue weighted by Crippen LogP contribution is -2.48. The Kier molecular flexibility index (Phi) is 7.85. The monoisotopic (exact) mass is 511 g/mol. The van der Waals surface area contributed by atoms with Crippen molar-refractivity contribution in [3.8, 4) is 0 Å². The molecule has 1 aliphatic heterocycles. The third-order valence-corrected chi connectivity index (χ3v) is 7.53. The van der Waals surface area contributed by atoms with E-state index in [1.54, 1.807) is 24.3 Å². The zero-order chi connectivity index (χ0) is 24.8. The number of benzene rings is 3. The lowest BCUT2D eigenvalue weighted by atomic mass is 10.0. The van der Waals surface area contributed by atoms with Gasteiger partial charge in [-0.1, -0.05) is 54.1 Å². The van der Waals surface area contributed by atoms with Gasteiger partial charge >= 0.3 is 0 Å². The van der Waals surface area contributed by atoms with Crippen molar-refractivity contribution >= 4 is 39.1 Å². The van der Waals surface area contributed by atoms with E-state index in [0.717, 1.165) is 16.7 Å². The predicted molar refractivity (Wildman–Crippen MR) is 136 cm³/mol. The summed E-state index contributed by atoms with van der Waals surface area (Å²) in [4.78, 5) is 24.7. The summed E-state index contributed by atoms with van der Waals surface area (Å²) in [5, 5.41) is 6.23. The highest BCUT2D eigenvalue weighted by atomic mass is 35.5. The van der Waals surface area contributed by atoms with Crippen molar-refractivity contribution in [3.05, 3.63) is 94.5 Å². The molecule has 2 amide bonds. The van der Waals surface area contributed by atoms with E-state index in [4.69, 9.17) is 11.6 Å². The smallest absolute Gasteiger partial charge is 0.241 e. The van der Waals surface area contributed by atoms with Crippen LogP contribution in [0.4, 0.5) is 5.69 Å². The maximum Gasteiger partial charge on any atom is 0.241 e. The number of rotatable bonds is 9. The molecular weight excluding hydrogens is 486 g/mol. The van der Waals surface area contributed by atoms with Crippen LogP contribution in [0.1, 0.15) is 23.1 Å². The van der Waals surface area contributed by atoms with Gasteiger partial charge in [0.2, 0.25) is 21.8 Å². The van der Waals surface area contributed by atoms with Gasteiger partial charge in [-0.25, -0.2) is 8.42 Å². The zero-order valence-electron chi connectivity index (χ0n) is 19.0. The van der Waals surface area contributed by atoms with Crippen molar-refractivity contribution in [1.29, 1.82) is 0 Å². The third kappa shape index (κ3) is 6.69. The lowest BCUT2D eigenvalue weighted by molar-refractivity contribution is -0.122. The minimum Gasteiger partial charge on any atom is -0.354 e. The van der Waals surface area contributed by atoms with E-state index < -0.39 is 22.0 Å². The third-order valence-electron chi connectivity index (χ3n) is 5.81. The van der Waals surface area contributed by atoms with Crippen LogP contribution in [-0.4, -0.2) is 32.8 Å². The normalized spacial score (nSPS) is 14.0. The van der Waals surface area contributed by atoms with E-state index in [-0.39, 0.29) is 17.2 Å². The van der Waals surface area contributed by atoms with Gasteiger partial charge in [0, 0.05) is 23.7 Å². The van der Waals surface area contributed by atoms with Crippen molar-refractivity contribution < 1.29 is 18.0 Å². The van der Waals surface area contributed by atoms with Crippen molar-refractivity contribution in [1.82, 2.24) is 10.0 Å². The van der Waals surface area contributed by atoms with E-state index in [1.807, 2.05) is 42.5 Å². The number of amides is 2. The maximum atomic E-state index is 13.2. The fourth-order valence-electron chi connectivity index (χ4n) is 3.92. The van der Waals surface area contributed by atoms with Crippen LogP contribution in [0.5, 0.6) is 0 Å². The Balaban J connectivity index is 1.49. The average molecular weight is 512 g/mol. The van der Waals surface area contributed by atoms with Gasteiger partial charge in [-0.05, 0) is 66.3 Å². The Morgan fingerprint density at radius 1 is 0.971 bits per heavy atom. The number of carbonyl (C=O) groups excluding carboxylic acids is 2. The Labute approximate surface area is 209 Å². The maximum absolute atomic E-state index is 13.2. The minimum absolute atomic E-state index is 0.0550. The van der Waals surface area contributed by atoms with Crippen molar-refractivity contribution in [2.45, 2.75) is 36.6 Å². The first kappa shape index (κ1) is 24.9. The van der Waals surface area contributed by atoms with Crippen LogP contribution in [0, 0.1) is 0 Å². The summed E-state index contributed by atoms with van der Waals surface area (Å²) >= 11 is 5.92. The molecule has 1 heterocycles. The molecule has 3 N–H and O–H groups in total. The summed E-state index contributed by atoms with van der Waals surface area (Å²) in [6, 6.07) is 20.2. The molecule has 0 spiro atoms. The van der Waals surface area contributed by atoms with Crippen LogP contribution in [0.2, 0.25) is 5.02 Å². The Morgan fingerprint density at radius 2 is 1.71 bits per heavy atom. The molecule has 35 heavy (non-hydrogen) atoms. The molecule has 7 nitrogen and oxygen atoms in total. The van der Waals surface area contributed by atoms with Gasteiger partial charge in [0.15, 0.2) is 0 Å². The summed E-state index contributed by atoms with van der Waals surface area (Å²) < 4.78 is 29.0. The fourth-order valence-corrected chi connectivity index (χ4v) is 5.30. The Morgan fingerprint density at radius 3 is 2.46 bits per heavy atom. The van der Waals surface area contributed by atoms with Gasteiger partial charge in [-0.2, -0.15) is 4.72 Å². The molecule has 1 unspecified atom stereocenters. The van der Waals surface area contributed by atoms with Crippen LogP contribution >= 0.6 is 11.6 Å². The standard InChI is InChI=1S/C26H26ClN3O4S/c27-21-9-6-18(7-10-21)14-15-28-26(32)24(16-19-4-2-1-3-5-19)30-35(33,34)22-11-12-23-20(17-22)8-13-25(31)29-23/h1-7,9-12,17,24,30H,8,13-16H2,(H,28,32)(H,29,31). The van der Waals surface area contributed by atoms with Gasteiger partial charge < -0.3 is 10.6 Å². The highest BCUT2D eigenvalue weighted by Crippen LogP contribution is 2.25. The molecule has 0 radical (unpaired) electrons. The summed E-state index contributed by atoms with van der Waals surface area (Å²) in [6.45, 7) is 0.353. The van der Waals surface area contributed by atoms with Crippen molar-refractivity contribution in [2.24, 2.45) is 0 Å². The molecule has 0 saturated heterocycles. The molecule has 3 aromatic carbocycles. The van der Waals surface area contributed by atoms with E-state index >= 15 is 0 Å². The predicted octanol–water partition coefficient (Wildman–Crippen LogP) is 3.47. The summed E-state index contributed by atoms with van der Waals surface area (Å²) in [5.41, 5.74) is 3.21. The molecule has 0 bridgehead atoms. The summed E-state index contributed by atoms with van der Waals surface area (Å²) in [5.74, 6) is -0.499. The largest absolute Gasteiger partial charge is 0.354 e. The number of carbonyl (C=O) groups is 2. The first-order valence-electron chi connectivity index (χ1n) is 11.3. The lowest BCUT2D eigenvalue weighted by Gasteiger charge is -2.21. The molecule has 0 saturated carbocycles. The van der Waals surface area contributed by atoms with Crippen LogP contribution in [-0.2, 0) is 38.9 Å². The second-order valence-corrected chi connectivity index (χ2v) is 10.5. The molecule has 9 heteroatoms. The Hall–Kier alpha value is -3.20. The van der Waals surface area contributed by atoms with Crippen LogP contribution in [0.25, 0.3) is 0 Å². The van der Waals surface area contributed by atoms with E-state index in [0.29, 0.717) is 36.5 Å². The van der Waals surface area contributed by atoms with E-state index in [2.05, 4.69) is 15.4 Å². The number of aryl methyl sites for hydroxylation is 1. The van der Waals surface area contributed by atoms with Crippen LogP contribution < -0.4 is 15.4 Å².